The van der Waals surface area contributed by atoms with Crippen molar-refractivity contribution in [3.63, 3.8) is 0 Å². The predicted octanol–water partition coefficient (Wildman–Crippen LogP) is 2.84. The molecule has 0 aromatic carbocycles. The first kappa shape index (κ1) is 15.0. The molecule has 0 aliphatic carbocycles. The van der Waals surface area contributed by atoms with Crippen molar-refractivity contribution < 1.29 is 4.79 Å². The largest absolute Gasteiger partial charge is 0.384 e. The number of ketones is 1. The molecule has 0 amide bonds. The molecule has 2 aromatic heterocycles. The molecule has 0 radical (unpaired) electrons. The van der Waals surface area contributed by atoms with Crippen molar-refractivity contribution >= 4 is 28.8 Å². The number of nitrogens with two attached hydrogens (primary N) is 1. The lowest BCUT2D eigenvalue weighted by molar-refractivity contribution is 0.0911. The first-order chi connectivity index (χ1) is 10.5. The maximum Gasteiger partial charge on any atom is 0.177 e. The molecule has 3 rings (SSSR count). The molecule has 5 nitrogen and oxygen atoms in total. The summed E-state index contributed by atoms with van der Waals surface area (Å²) in [4.78, 5) is 24.3. The number of hydrogen-bond donors (Lipinski definition) is 1. The summed E-state index contributed by atoms with van der Waals surface area (Å²) in [6.45, 7) is 5.44. The number of carbonyl (C=O) groups is 1. The van der Waals surface area contributed by atoms with Gasteiger partial charge in [0.15, 0.2) is 5.78 Å². The summed E-state index contributed by atoms with van der Waals surface area (Å²) in [7, 11) is 0. The van der Waals surface area contributed by atoms with Crippen molar-refractivity contribution in [1.29, 1.82) is 0 Å². The summed E-state index contributed by atoms with van der Waals surface area (Å²) in [5.41, 5.74) is 6.89. The summed E-state index contributed by atoms with van der Waals surface area (Å²) in [6.07, 6.45) is 1.93. The topological polar surface area (TPSA) is 72.1 Å². The number of aromatic nitrogens is 2. The highest BCUT2D eigenvalue weighted by molar-refractivity contribution is 7.12. The van der Waals surface area contributed by atoms with E-state index in [4.69, 9.17) is 5.73 Å². The normalized spacial score (nSPS) is 18.5. The number of nitrogen functional groups attached to an aromatic ring is 1. The van der Waals surface area contributed by atoms with Gasteiger partial charge in [-0.2, -0.15) is 0 Å². The van der Waals surface area contributed by atoms with Crippen molar-refractivity contribution in [2.75, 3.05) is 23.7 Å². The van der Waals surface area contributed by atoms with Gasteiger partial charge in [0.2, 0.25) is 0 Å². The van der Waals surface area contributed by atoms with E-state index in [9.17, 15) is 4.79 Å². The van der Waals surface area contributed by atoms with Gasteiger partial charge in [-0.1, -0.05) is 0 Å². The summed E-state index contributed by atoms with van der Waals surface area (Å²) < 4.78 is 0. The molecule has 1 aliphatic rings. The van der Waals surface area contributed by atoms with Crippen molar-refractivity contribution in [3.8, 4) is 0 Å². The third-order valence-corrected chi connectivity index (χ3v) is 5.08. The fourth-order valence-electron chi connectivity index (χ4n) is 2.95. The van der Waals surface area contributed by atoms with Crippen LogP contribution in [0, 0.1) is 19.8 Å². The van der Waals surface area contributed by atoms with Gasteiger partial charge in [0.25, 0.3) is 0 Å². The van der Waals surface area contributed by atoms with Crippen LogP contribution in [0.3, 0.4) is 0 Å². The highest BCUT2D eigenvalue weighted by atomic mass is 32.1. The molecule has 0 saturated carbocycles. The molecule has 1 aliphatic heterocycles. The van der Waals surface area contributed by atoms with Crippen molar-refractivity contribution in [3.05, 3.63) is 33.8 Å². The zero-order valence-electron chi connectivity index (χ0n) is 12.9. The monoisotopic (exact) mass is 316 g/mol. The third-order valence-electron chi connectivity index (χ3n) is 4.05. The lowest BCUT2D eigenvalue weighted by Gasteiger charge is -2.33. The molecule has 1 saturated heterocycles. The fraction of sp³-hybridized carbons (Fsp3) is 0.438. The summed E-state index contributed by atoms with van der Waals surface area (Å²) in [6, 6.07) is 3.79. The first-order valence-corrected chi connectivity index (χ1v) is 8.37. The van der Waals surface area contributed by atoms with Crippen LogP contribution in [0.25, 0.3) is 0 Å². The van der Waals surface area contributed by atoms with Crippen molar-refractivity contribution in [1.82, 2.24) is 9.97 Å². The van der Waals surface area contributed by atoms with Crippen LogP contribution < -0.4 is 10.6 Å². The molecule has 0 spiro atoms. The van der Waals surface area contributed by atoms with E-state index in [-0.39, 0.29) is 11.7 Å². The predicted molar refractivity (Wildman–Crippen MR) is 89.5 cm³/mol. The van der Waals surface area contributed by atoms with Gasteiger partial charge in [-0.15, -0.1) is 11.3 Å². The van der Waals surface area contributed by atoms with Crippen LogP contribution in [0.5, 0.6) is 0 Å². The number of anilines is 2. The second-order valence-electron chi connectivity index (χ2n) is 5.78. The number of aryl methyl sites for hydroxylation is 2. The SMILES string of the molecule is Cc1nc(N)cc(N2CCCC(C(=O)c3sccc3C)C2)n1. The Kier molecular flexibility index (Phi) is 4.11. The van der Waals surface area contributed by atoms with Gasteiger partial charge >= 0.3 is 0 Å². The molecule has 116 valence electrons. The van der Waals surface area contributed by atoms with E-state index >= 15 is 0 Å². The molecule has 6 heteroatoms. The minimum atomic E-state index is 0.0302. The van der Waals surface area contributed by atoms with Gasteiger partial charge in [0, 0.05) is 25.1 Å². The van der Waals surface area contributed by atoms with Crippen LogP contribution in [0.1, 0.15) is 33.9 Å². The van der Waals surface area contributed by atoms with Crippen LogP contribution >= 0.6 is 11.3 Å². The zero-order chi connectivity index (χ0) is 15.7. The molecular formula is C16H20N4OS. The lowest BCUT2D eigenvalue weighted by Crippen LogP contribution is -2.39. The number of thiophene rings is 1. The Hall–Kier alpha value is -1.95. The van der Waals surface area contributed by atoms with Crippen LogP contribution in [0.2, 0.25) is 0 Å². The second-order valence-corrected chi connectivity index (χ2v) is 6.70. The lowest BCUT2D eigenvalue weighted by atomic mass is 9.92. The average molecular weight is 316 g/mol. The summed E-state index contributed by atoms with van der Waals surface area (Å²) in [5.74, 6) is 2.26. The quantitative estimate of drug-likeness (QED) is 0.882. The maximum absolute atomic E-state index is 12.7. The number of carbonyl (C=O) groups excluding carboxylic acids is 1. The van der Waals surface area contributed by atoms with E-state index in [1.165, 1.54) is 11.3 Å². The van der Waals surface area contributed by atoms with E-state index in [1.54, 1.807) is 6.07 Å². The van der Waals surface area contributed by atoms with Crippen LogP contribution in [-0.2, 0) is 0 Å². The van der Waals surface area contributed by atoms with E-state index in [0.29, 0.717) is 18.2 Å². The third kappa shape index (κ3) is 2.97. The Morgan fingerprint density at radius 1 is 1.41 bits per heavy atom. The van der Waals surface area contributed by atoms with Gasteiger partial charge in [0.05, 0.1) is 4.88 Å². The van der Waals surface area contributed by atoms with Crippen molar-refractivity contribution in [2.24, 2.45) is 5.92 Å². The van der Waals surface area contributed by atoms with E-state index in [0.717, 1.165) is 35.6 Å². The Morgan fingerprint density at radius 2 is 2.23 bits per heavy atom. The second kappa shape index (κ2) is 6.04. The molecule has 2 aromatic rings. The minimum absolute atomic E-state index is 0.0302. The molecule has 2 N–H and O–H groups in total. The first-order valence-electron chi connectivity index (χ1n) is 7.49. The number of nitrogens with zero attached hydrogens (tertiary/aromatic N) is 3. The van der Waals surface area contributed by atoms with E-state index in [2.05, 4.69) is 14.9 Å². The summed E-state index contributed by atoms with van der Waals surface area (Å²) in [5, 5.41) is 1.98. The van der Waals surface area contributed by atoms with Gasteiger partial charge in [0.1, 0.15) is 17.5 Å². The maximum atomic E-state index is 12.7. The Morgan fingerprint density at radius 3 is 2.91 bits per heavy atom. The van der Waals surface area contributed by atoms with Gasteiger partial charge in [-0.25, -0.2) is 9.97 Å². The number of piperidine rings is 1. The Balaban J connectivity index is 1.79. The van der Waals surface area contributed by atoms with E-state index < -0.39 is 0 Å². The molecule has 0 bridgehead atoms. The molecular weight excluding hydrogens is 296 g/mol. The smallest absolute Gasteiger partial charge is 0.177 e. The highest BCUT2D eigenvalue weighted by Gasteiger charge is 2.28. The standard InChI is InChI=1S/C16H20N4OS/c1-10-5-7-22-16(10)15(21)12-4-3-6-20(9-12)14-8-13(17)18-11(2)19-14/h5,7-8,12H,3-4,6,9H2,1-2H3,(H2,17,18,19). The molecule has 1 fully saturated rings. The molecule has 3 heterocycles. The molecule has 1 unspecified atom stereocenters. The van der Waals surface area contributed by atoms with Crippen LogP contribution in [-0.4, -0.2) is 28.8 Å². The molecule has 1 atom stereocenters. The van der Waals surface area contributed by atoms with Gasteiger partial charge < -0.3 is 10.6 Å². The summed E-state index contributed by atoms with van der Waals surface area (Å²) >= 11 is 1.54. The number of Topliss-reactive ketones (excluding diaryl/α,β-unsaturated/α-hetero) is 1. The van der Waals surface area contributed by atoms with Crippen LogP contribution in [0.4, 0.5) is 11.6 Å². The fourth-order valence-corrected chi connectivity index (χ4v) is 3.89. The minimum Gasteiger partial charge on any atom is -0.384 e. The zero-order valence-corrected chi connectivity index (χ0v) is 13.7. The average Bonchev–Trinajstić information content (AvgIpc) is 2.92. The van der Waals surface area contributed by atoms with Crippen LogP contribution in [0.15, 0.2) is 17.5 Å². The number of hydrogen-bond acceptors (Lipinski definition) is 6. The molecule has 22 heavy (non-hydrogen) atoms. The Labute approximate surface area is 134 Å². The van der Waals surface area contributed by atoms with E-state index in [1.807, 2.05) is 25.3 Å². The van der Waals surface area contributed by atoms with Gasteiger partial charge in [-0.05, 0) is 43.7 Å². The highest BCUT2D eigenvalue weighted by Crippen LogP contribution is 2.28. The number of rotatable bonds is 3. The van der Waals surface area contributed by atoms with Crippen molar-refractivity contribution in [2.45, 2.75) is 26.7 Å². The Bertz CT molecular complexity index is 677. The van der Waals surface area contributed by atoms with Gasteiger partial charge in [-0.3, -0.25) is 4.79 Å².